The van der Waals surface area contributed by atoms with Gasteiger partial charge in [0.05, 0.1) is 6.54 Å². The molecule has 1 aliphatic heterocycles. The number of nitrogens with one attached hydrogen (secondary N) is 2. The lowest BCUT2D eigenvalue weighted by Crippen LogP contribution is -2.52. The second kappa shape index (κ2) is 6.75. The van der Waals surface area contributed by atoms with Crippen LogP contribution in [-0.2, 0) is 4.79 Å². The van der Waals surface area contributed by atoms with Crippen molar-refractivity contribution in [1.82, 2.24) is 15.5 Å². The number of hydrogen-bond donors (Lipinski definition) is 3. The molecule has 1 unspecified atom stereocenters. The van der Waals surface area contributed by atoms with Crippen molar-refractivity contribution in [3.8, 4) is 0 Å². The van der Waals surface area contributed by atoms with Gasteiger partial charge in [-0.1, -0.05) is 0 Å². The van der Waals surface area contributed by atoms with Gasteiger partial charge in [0.15, 0.2) is 0 Å². The third kappa shape index (κ3) is 6.42. The van der Waals surface area contributed by atoms with Crippen molar-refractivity contribution in [2.45, 2.75) is 39.2 Å². The lowest BCUT2D eigenvalue weighted by Gasteiger charge is -2.35. The molecule has 0 aromatic heterocycles. The Morgan fingerprint density at radius 2 is 2.05 bits per heavy atom. The smallest absolute Gasteiger partial charge is 0.317 e. The average Bonchev–Trinajstić information content (AvgIpc) is 2.26. The maximum absolute atomic E-state index is 12.0. The largest absolute Gasteiger partial charge is 0.480 e. The molecule has 0 radical (unpaired) electrons. The highest BCUT2D eigenvalue weighted by atomic mass is 16.4. The highest BCUT2D eigenvalue weighted by Crippen LogP contribution is 2.16. The van der Waals surface area contributed by atoms with Crippen LogP contribution in [0.4, 0.5) is 4.79 Å². The number of rotatable bonds is 4. The van der Waals surface area contributed by atoms with Crippen LogP contribution in [0.25, 0.3) is 0 Å². The molecule has 0 aromatic rings. The highest BCUT2D eigenvalue weighted by molar-refractivity contribution is 5.75. The number of aliphatic carboxylic acids is 1. The van der Waals surface area contributed by atoms with Crippen molar-refractivity contribution in [2.75, 3.05) is 26.2 Å². The molecular weight excluding hydrogens is 246 g/mol. The summed E-state index contributed by atoms with van der Waals surface area (Å²) in [6, 6.07) is -0.0320. The number of carboxylic acids is 1. The summed E-state index contributed by atoms with van der Waals surface area (Å²) in [6.07, 6.45) is 2.00. The number of piperidine rings is 1. The second-order valence-corrected chi connectivity index (χ2v) is 6.16. The van der Waals surface area contributed by atoms with Crippen LogP contribution in [-0.4, -0.2) is 53.7 Å². The fourth-order valence-electron chi connectivity index (χ4n) is 2.20. The Morgan fingerprint density at radius 1 is 1.37 bits per heavy atom. The summed E-state index contributed by atoms with van der Waals surface area (Å²) in [5, 5.41) is 14.4. The summed E-state index contributed by atoms with van der Waals surface area (Å²) in [5.41, 5.74) is -0.231. The first kappa shape index (κ1) is 15.8. The molecule has 2 amide bonds. The zero-order valence-corrected chi connectivity index (χ0v) is 12.0. The standard InChI is InChI=1S/C13H25N3O3/c1-13(2,3)15-12(19)16-6-4-5-10(9-16)7-14-8-11(17)18/h10,14H,4-9H2,1-3H3,(H,15,19)(H,17,18). The molecule has 1 rings (SSSR count). The molecule has 0 aromatic carbocycles. The van der Waals surface area contributed by atoms with E-state index in [4.69, 9.17) is 5.11 Å². The number of carbonyl (C=O) groups excluding carboxylic acids is 1. The molecule has 1 saturated heterocycles. The van der Waals surface area contributed by atoms with Crippen LogP contribution >= 0.6 is 0 Å². The summed E-state index contributed by atoms with van der Waals surface area (Å²) < 4.78 is 0. The van der Waals surface area contributed by atoms with Gasteiger partial charge in [0.1, 0.15) is 0 Å². The maximum atomic E-state index is 12.0. The zero-order chi connectivity index (χ0) is 14.5. The van der Waals surface area contributed by atoms with E-state index >= 15 is 0 Å². The minimum absolute atomic E-state index is 0.0231. The minimum atomic E-state index is -0.849. The number of likely N-dealkylation sites (tertiary alicyclic amines) is 1. The van der Waals surface area contributed by atoms with E-state index in [0.29, 0.717) is 19.0 Å². The van der Waals surface area contributed by atoms with E-state index in [1.807, 2.05) is 25.7 Å². The van der Waals surface area contributed by atoms with Gasteiger partial charge in [-0.05, 0) is 39.5 Å². The molecule has 1 aliphatic rings. The lowest BCUT2D eigenvalue weighted by atomic mass is 9.98. The Balaban J connectivity index is 2.37. The summed E-state index contributed by atoms with van der Waals surface area (Å²) >= 11 is 0. The van der Waals surface area contributed by atoms with E-state index in [9.17, 15) is 9.59 Å². The van der Waals surface area contributed by atoms with Crippen molar-refractivity contribution < 1.29 is 14.7 Å². The Labute approximate surface area is 114 Å². The molecule has 110 valence electrons. The molecular formula is C13H25N3O3. The summed E-state index contributed by atoms with van der Waals surface area (Å²) in [4.78, 5) is 24.3. The van der Waals surface area contributed by atoms with Crippen LogP contribution in [0.2, 0.25) is 0 Å². The van der Waals surface area contributed by atoms with Crippen molar-refractivity contribution in [2.24, 2.45) is 5.92 Å². The van der Waals surface area contributed by atoms with Crippen molar-refractivity contribution in [1.29, 1.82) is 0 Å². The Hall–Kier alpha value is -1.30. The number of carbonyl (C=O) groups is 2. The number of hydrogen-bond acceptors (Lipinski definition) is 3. The molecule has 0 bridgehead atoms. The Bertz CT molecular complexity index is 326. The molecule has 1 fully saturated rings. The van der Waals surface area contributed by atoms with E-state index in [0.717, 1.165) is 19.4 Å². The maximum Gasteiger partial charge on any atom is 0.317 e. The fraction of sp³-hybridized carbons (Fsp3) is 0.846. The molecule has 1 heterocycles. The Kier molecular flexibility index (Phi) is 5.60. The first-order valence-electron chi connectivity index (χ1n) is 6.77. The van der Waals surface area contributed by atoms with Gasteiger partial charge >= 0.3 is 12.0 Å². The van der Waals surface area contributed by atoms with Crippen LogP contribution in [0.1, 0.15) is 33.6 Å². The van der Waals surface area contributed by atoms with Gasteiger partial charge in [0, 0.05) is 25.2 Å². The van der Waals surface area contributed by atoms with E-state index in [1.165, 1.54) is 0 Å². The summed E-state index contributed by atoms with van der Waals surface area (Å²) in [7, 11) is 0. The first-order valence-corrected chi connectivity index (χ1v) is 6.77. The predicted molar refractivity (Wildman–Crippen MR) is 73.1 cm³/mol. The van der Waals surface area contributed by atoms with Gasteiger partial charge in [-0.25, -0.2) is 4.79 Å². The van der Waals surface area contributed by atoms with Gasteiger partial charge < -0.3 is 20.6 Å². The SMILES string of the molecule is CC(C)(C)NC(=O)N1CCCC(CNCC(=O)O)C1. The molecule has 6 heteroatoms. The van der Waals surface area contributed by atoms with Crippen LogP contribution in [0, 0.1) is 5.92 Å². The Morgan fingerprint density at radius 3 is 2.63 bits per heavy atom. The van der Waals surface area contributed by atoms with Gasteiger partial charge in [0.2, 0.25) is 0 Å². The highest BCUT2D eigenvalue weighted by Gasteiger charge is 2.25. The van der Waals surface area contributed by atoms with Crippen LogP contribution in [0.15, 0.2) is 0 Å². The van der Waals surface area contributed by atoms with Crippen LogP contribution < -0.4 is 10.6 Å². The van der Waals surface area contributed by atoms with Gasteiger partial charge in [-0.3, -0.25) is 4.79 Å². The molecule has 1 atom stereocenters. The molecule has 3 N–H and O–H groups in total. The fourth-order valence-corrected chi connectivity index (χ4v) is 2.20. The third-order valence-electron chi connectivity index (χ3n) is 3.00. The number of nitrogens with zero attached hydrogens (tertiary/aromatic N) is 1. The topological polar surface area (TPSA) is 81.7 Å². The molecule has 0 aliphatic carbocycles. The summed E-state index contributed by atoms with van der Waals surface area (Å²) in [5.74, 6) is -0.517. The molecule has 0 spiro atoms. The van der Waals surface area contributed by atoms with E-state index in [-0.39, 0.29) is 18.1 Å². The average molecular weight is 271 g/mol. The van der Waals surface area contributed by atoms with Gasteiger partial charge in [0.25, 0.3) is 0 Å². The quantitative estimate of drug-likeness (QED) is 0.709. The van der Waals surface area contributed by atoms with Crippen LogP contribution in [0.3, 0.4) is 0 Å². The third-order valence-corrected chi connectivity index (χ3v) is 3.00. The predicted octanol–water partition coefficient (Wildman–Crippen LogP) is 0.881. The van der Waals surface area contributed by atoms with Crippen molar-refractivity contribution in [3.05, 3.63) is 0 Å². The van der Waals surface area contributed by atoms with Crippen molar-refractivity contribution >= 4 is 12.0 Å². The van der Waals surface area contributed by atoms with E-state index in [1.54, 1.807) is 0 Å². The van der Waals surface area contributed by atoms with Crippen LogP contribution in [0.5, 0.6) is 0 Å². The molecule has 19 heavy (non-hydrogen) atoms. The first-order chi connectivity index (χ1) is 8.78. The van der Waals surface area contributed by atoms with E-state index in [2.05, 4.69) is 10.6 Å². The monoisotopic (exact) mass is 271 g/mol. The number of amides is 2. The van der Waals surface area contributed by atoms with E-state index < -0.39 is 5.97 Å². The van der Waals surface area contributed by atoms with Gasteiger partial charge in [-0.15, -0.1) is 0 Å². The van der Waals surface area contributed by atoms with Crippen molar-refractivity contribution in [3.63, 3.8) is 0 Å². The number of urea groups is 1. The molecule has 0 saturated carbocycles. The zero-order valence-electron chi connectivity index (χ0n) is 12.0. The minimum Gasteiger partial charge on any atom is -0.480 e. The second-order valence-electron chi connectivity index (χ2n) is 6.16. The number of carboxylic acid groups (broad SMARTS) is 1. The summed E-state index contributed by atoms with van der Waals surface area (Å²) in [6.45, 7) is 7.96. The lowest BCUT2D eigenvalue weighted by molar-refractivity contribution is -0.136. The normalized spacial score (nSPS) is 20.2. The van der Waals surface area contributed by atoms with Gasteiger partial charge in [-0.2, -0.15) is 0 Å². The molecule has 6 nitrogen and oxygen atoms in total.